The molecule has 0 aliphatic heterocycles. The van der Waals surface area contributed by atoms with Crippen molar-refractivity contribution in [3.8, 4) is 0 Å². The molecule has 0 bridgehead atoms. The molecular formula is C12H7BrClFN2O2. The minimum Gasteiger partial charge on any atom is -0.478 e. The molecule has 0 saturated heterocycles. The lowest BCUT2D eigenvalue weighted by Crippen LogP contribution is -2.05. The SMILES string of the molecule is O=C(O)c1ccc(Cl)nc1Nc1cc(Br)ccc1F. The Morgan fingerprint density at radius 1 is 1.37 bits per heavy atom. The van der Waals surface area contributed by atoms with Crippen molar-refractivity contribution in [2.24, 2.45) is 0 Å². The van der Waals surface area contributed by atoms with Crippen LogP contribution < -0.4 is 5.32 Å². The predicted octanol–water partition coefficient (Wildman–Crippen LogP) is 4.08. The summed E-state index contributed by atoms with van der Waals surface area (Å²) in [5.74, 6) is -1.72. The molecule has 0 aliphatic rings. The molecular weight excluding hydrogens is 338 g/mol. The van der Waals surface area contributed by atoms with Crippen LogP contribution in [0, 0.1) is 5.82 Å². The van der Waals surface area contributed by atoms with Gasteiger partial charge in [-0.2, -0.15) is 0 Å². The van der Waals surface area contributed by atoms with E-state index in [-0.39, 0.29) is 22.2 Å². The zero-order valence-electron chi connectivity index (χ0n) is 9.32. The lowest BCUT2D eigenvalue weighted by atomic mass is 10.2. The van der Waals surface area contributed by atoms with Gasteiger partial charge in [-0.15, -0.1) is 0 Å². The maximum absolute atomic E-state index is 13.6. The lowest BCUT2D eigenvalue weighted by molar-refractivity contribution is 0.0697. The van der Waals surface area contributed by atoms with Gasteiger partial charge in [-0.3, -0.25) is 0 Å². The summed E-state index contributed by atoms with van der Waals surface area (Å²) in [7, 11) is 0. The van der Waals surface area contributed by atoms with Crippen LogP contribution in [0.15, 0.2) is 34.8 Å². The molecule has 4 nitrogen and oxygen atoms in total. The van der Waals surface area contributed by atoms with Crippen molar-refractivity contribution in [1.29, 1.82) is 0 Å². The van der Waals surface area contributed by atoms with Gasteiger partial charge in [-0.1, -0.05) is 27.5 Å². The highest BCUT2D eigenvalue weighted by atomic mass is 79.9. The monoisotopic (exact) mass is 344 g/mol. The Hall–Kier alpha value is -1.66. The van der Waals surface area contributed by atoms with E-state index < -0.39 is 11.8 Å². The van der Waals surface area contributed by atoms with E-state index in [9.17, 15) is 9.18 Å². The Balaban J connectivity index is 2.45. The molecule has 2 rings (SSSR count). The van der Waals surface area contributed by atoms with Gasteiger partial charge < -0.3 is 10.4 Å². The summed E-state index contributed by atoms with van der Waals surface area (Å²) < 4.78 is 14.2. The summed E-state index contributed by atoms with van der Waals surface area (Å²) in [4.78, 5) is 14.9. The molecule has 1 aromatic heterocycles. The molecule has 0 radical (unpaired) electrons. The van der Waals surface area contributed by atoms with Crippen LogP contribution in [-0.4, -0.2) is 16.1 Å². The van der Waals surface area contributed by atoms with E-state index in [4.69, 9.17) is 16.7 Å². The van der Waals surface area contributed by atoms with E-state index in [0.29, 0.717) is 4.47 Å². The third-order valence-electron chi connectivity index (χ3n) is 2.27. The molecule has 0 spiro atoms. The number of rotatable bonds is 3. The molecule has 7 heteroatoms. The van der Waals surface area contributed by atoms with Crippen LogP contribution in [0.5, 0.6) is 0 Å². The van der Waals surface area contributed by atoms with Gasteiger partial charge in [0.25, 0.3) is 0 Å². The van der Waals surface area contributed by atoms with Gasteiger partial charge in [0.2, 0.25) is 0 Å². The lowest BCUT2D eigenvalue weighted by Gasteiger charge is -2.10. The predicted molar refractivity (Wildman–Crippen MR) is 73.6 cm³/mol. The zero-order chi connectivity index (χ0) is 14.0. The standard InChI is InChI=1S/C12H7BrClFN2O2/c13-6-1-3-8(15)9(5-6)16-11-7(12(18)19)2-4-10(14)17-11/h1-5H,(H,16,17)(H,18,19). The van der Waals surface area contributed by atoms with Crippen LogP contribution in [0.1, 0.15) is 10.4 Å². The van der Waals surface area contributed by atoms with Crippen molar-refractivity contribution >= 4 is 45.0 Å². The molecule has 0 amide bonds. The van der Waals surface area contributed by atoms with Gasteiger partial charge in [0.1, 0.15) is 22.4 Å². The molecule has 98 valence electrons. The fourth-order valence-electron chi connectivity index (χ4n) is 1.42. The van der Waals surface area contributed by atoms with Crippen molar-refractivity contribution in [2.75, 3.05) is 5.32 Å². The van der Waals surface area contributed by atoms with Gasteiger partial charge in [0, 0.05) is 4.47 Å². The largest absolute Gasteiger partial charge is 0.478 e. The Bertz CT molecular complexity index is 652. The first kappa shape index (κ1) is 13.8. The zero-order valence-corrected chi connectivity index (χ0v) is 11.7. The highest BCUT2D eigenvalue weighted by Crippen LogP contribution is 2.25. The number of nitrogens with zero attached hydrogens (tertiary/aromatic N) is 1. The maximum Gasteiger partial charge on any atom is 0.339 e. The fourth-order valence-corrected chi connectivity index (χ4v) is 1.93. The number of hydrogen-bond acceptors (Lipinski definition) is 3. The van der Waals surface area contributed by atoms with Crippen molar-refractivity contribution in [3.63, 3.8) is 0 Å². The normalized spacial score (nSPS) is 10.3. The van der Waals surface area contributed by atoms with Crippen LogP contribution in [0.4, 0.5) is 15.9 Å². The molecule has 1 heterocycles. The van der Waals surface area contributed by atoms with Gasteiger partial charge in [0.15, 0.2) is 0 Å². The number of aromatic carboxylic acids is 1. The van der Waals surface area contributed by atoms with Crippen molar-refractivity contribution in [3.05, 3.63) is 51.3 Å². The number of halogens is 3. The molecule has 0 atom stereocenters. The summed E-state index contributed by atoms with van der Waals surface area (Å²) in [6.07, 6.45) is 0. The Kier molecular flexibility index (Phi) is 4.01. The van der Waals surface area contributed by atoms with E-state index >= 15 is 0 Å². The topological polar surface area (TPSA) is 62.2 Å². The van der Waals surface area contributed by atoms with Crippen LogP contribution in [0.25, 0.3) is 0 Å². The van der Waals surface area contributed by atoms with E-state index in [1.54, 1.807) is 0 Å². The van der Waals surface area contributed by atoms with Gasteiger partial charge >= 0.3 is 5.97 Å². The third-order valence-corrected chi connectivity index (χ3v) is 2.98. The maximum atomic E-state index is 13.6. The second-order valence-electron chi connectivity index (χ2n) is 3.58. The van der Waals surface area contributed by atoms with Crippen LogP contribution in [0.3, 0.4) is 0 Å². The summed E-state index contributed by atoms with van der Waals surface area (Å²) in [5, 5.41) is 11.8. The third kappa shape index (κ3) is 3.21. The summed E-state index contributed by atoms with van der Waals surface area (Å²) in [5.41, 5.74) is 0.00965. The molecule has 0 fully saturated rings. The molecule has 19 heavy (non-hydrogen) atoms. The number of carboxylic acid groups (broad SMARTS) is 1. The van der Waals surface area contributed by atoms with Gasteiger partial charge in [-0.25, -0.2) is 14.2 Å². The first-order valence-corrected chi connectivity index (χ1v) is 6.26. The summed E-state index contributed by atoms with van der Waals surface area (Å²) in [6.45, 7) is 0. The number of aromatic nitrogens is 1. The number of benzene rings is 1. The fraction of sp³-hybridized carbons (Fsp3) is 0. The molecule has 0 saturated carbocycles. The molecule has 2 N–H and O–H groups in total. The van der Waals surface area contributed by atoms with E-state index in [0.717, 1.165) is 0 Å². The van der Waals surface area contributed by atoms with Gasteiger partial charge in [0.05, 0.1) is 5.69 Å². The quantitative estimate of drug-likeness (QED) is 0.823. The second kappa shape index (κ2) is 5.54. The minimum atomic E-state index is -1.18. The average molecular weight is 346 g/mol. The number of pyridine rings is 1. The highest BCUT2D eigenvalue weighted by molar-refractivity contribution is 9.10. The molecule has 0 unspecified atom stereocenters. The number of nitrogens with one attached hydrogen (secondary N) is 1. The summed E-state index contributed by atoms with van der Waals surface area (Å²) >= 11 is 8.91. The van der Waals surface area contributed by atoms with Crippen LogP contribution in [-0.2, 0) is 0 Å². The Labute approximate surface area is 121 Å². The Morgan fingerprint density at radius 2 is 2.11 bits per heavy atom. The minimum absolute atomic E-state index is 0.0167. The number of anilines is 2. The van der Waals surface area contributed by atoms with E-state index in [2.05, 4.69) is 26.2 Å². The van der Waals surface area contributed by atoms with Crippen molar-refractivity contribution in [2.45, 2.75) is 0 Å². The second-order valence-corrected chi connectivity index (χ2v) is 4.89. The average Bonchev–Trinajstić information content (AvgIpc) is 2.33. The van der Waals surface area contributed by atoms with Crippen LogP contribution >= 0.6 is 27.5 Å². The van der Waals surface area contributed by atoms with E-state index in [1.165, 1.54) is 30.3 Å². The number of carboxylic acids is 1. The Morgan fingerprint density at radius 3 is 2.79 bits per heavy atom. The first-order valence-electron chi connectivity index (χ1n) is 5.09. The van der Waals surface area contributed by atoms with Crippen molar-refractivity contribution in [1.82, 2.24) is 4.98 Å². The molecule has 0 aliphatic carbocycles. The molecule has 2 aromatic rings. The number of carbonyl (C=O) groups is 1. The smallest absolute Gasteiger partial charge is 0.339 e. The van der Waals surface area contributed by atoms with E-state index in [1.807, 2.05) is 0 Å². The van der Waals surface area contributed by atoms with Crippen molar-refractivity contribution < 1.29 is 14.3 Å². The van der Waals surface area contributed by atoms with Crippen LogP contribution in [0.2, 0.25) is 5.15 Å². The van der Waals surface area contributed by atoms with Gasteiger partial charge in [-0.05, 0) is 30.3 Å². The summed E-state index contributed by atoms with van der Waals surface area (Å²) in [6, 6.07) is 6.91. The highest BCUT2D eigenvalue weighted by Gasteiger charge is 2.14. The number of hydrogen-bond donors (Lipinski definition) is 2. The first-order chi connectivity index (χ1) is 8.97. The molecule has 1 aromatic carbocycles.